The quantitative estimate of drug-likeness (QED) is 0.428. The van der Waals surface area contributed by atoms with Gasteiger partial charge in [-0.1, -0.05) is 0 Å². The third-order valence-electron chi connectivity index (χ3n) is 3.24. The topological polar surface area (TPSA) is 88.7 Å². The Morgan fingerprint density at radius 3 is 3.00 bits per heavy atom. The van der Waals surface area contributed by atoms with E-state index in [9.17, 15) is 9.59 Å². The minimum Gasteiger partial charge on any atom is -0.479 e. The molecular formula is C15H19N3O4S. The predicted molar refractivity (Wildman–Crippen MR) is 90.6 cm³/mol. The number of esters is 1. The molecule has 0 bridgehead atoms. The smallest absolute Gasteiger partial charge is 0.305 e. The molecule has 0 spiro atoms. The fraction of sp³-hybridized carbons (Fsp3) is 0.400. The molecule has 1 aromatic carbocycles. The van der Waals surface area contributed by atoms with E-state index in [1.807, 2.05) is 6.07 Å². The lowest BCUT2D eigenvalue weighted by Crippen LogP contribution is -2.34. The molecule has 7 nitrogen and oxygen atoms in total. The highest BCUT2D eigenvalue weighted by Crippen LogP contribution is 2.32. The van der Waals surface area contributed by atoms with Crippen LogP contribution >= 0.6 is 12.2 Å². The molecule has 1 atom stereocenters. The molecule has 0 aromatic heterocycles. The number of benzene rings is 1. The summed E-state index contributed by atoms with van der Waals surface area (Å²) in [4.78, 5) is 22.6. The van der Waals surface area contributed by atoms with Gasteiger partial charge in [0.15, 0.2) is 11.2 Å². The number of anilines is 2. The van der Waals surface area contributed by atoms with Gasteiger partial charge < -0.3 is 25.4 Å². The van der Waals surface area contributed by atoms with Crippen LogP contribution in [0, 0.1) is 0 Å². The summed E-state index contributed by atoms with van der Waals surface area (Å²) in [5, 5.41) is 9.23. The van der Waals surface area contributed by atoms with Crippen LogP contribution < -0.4 is 20.7 Å². The molecule has 1 aliphatic heterocycles. The molecule has 3 N–H and O–H groups in total. The van der Waals surface area contributed by atoms with E-state index in [1.165, 1.54) is 7.11 Å². The van der Waals surface area contributed by atoms with Crippen LogP contribution in [0.15, 0.2) is 18.2 Å². The largest absolute Gasteiger partial charge is 0.479 e. The van der Waals surface area contributed by atoms with Crippen molar-refractivity contribution in [1.82, 2.24) is 5.32 Å². The lowest BCUT2D eigenvalue weighted by atomic mass is 10.2. The first-order valence-electron chi connectivity index (χ1n) is 7.23. The minimum absolute atomic E-state index is 0.182. The molecule has 1 amide bonds. The maximum atomic E-state index is 11.6. The molecule has 1 heterocycles. The maximum absolute atomic E-state index is 11.6. The van der Waals surface area contributed by atoms with Crippen molar-refractivity contribution < 1.29 is 19.1 Å². The second kappa shape index (κ2) is 7.77. The first-order valence-corrected chi connectivity index (χ1v) is 7.63. The van der Waals surface area contributed by atoms with Gasteiger partial charge in [0.05, 0.1) is 12.8 Å². The van der Waals surface area contributed by atoms with Crippen LogP contribution in [0.5, 0.6) is 5.75 Å². The maximum Gasteiger partial charge on any atom is 0.305 e. The molecule has 1 aromatic rings. The standard InChI is InChI=1S/C15H19N3O4S/c1-9-14(20)18-11-8-10(5-6-12(11)22-9)17-15(23)16-7-3-4-13(19)21-2/h5-6,8-9H,3-4,7H2,1-2H3,(H,18,20)(H2,16,17,23)/t9-/m0/s1. The van der Waals surface area contributed by atoms with Crippen LogP contribution in [-0.2, 0) is 14.3 Å². The van der Waals surface area contributed by atoms with Crippen molar-refractivity contribution in [1.29, 1.82) is 0 Å². The molecule has 0 radical (unpaired) electrons. The summed E-state index contributed by atoms with van der Waals surface area (Å²) in [7, 11) is 1.36. The lowest BCUT2D eigenvalue weighted by Gasteiger charge is -2.23. The van der Waals surface area contributed by atoms with Crippen molar-refractivity contribution in [3.8, 4) is 5.75 Å². The van der Waals surface area contributed by atoms with Gasteiger partial charge in [0.1, 0.15) is 5.75 Å². The number of amides is 1. The number of methoxy groups -OCH3 is 1. The number of nitrogens with one attached hydrogen (secondary N) is 3. The number of ether oxygens (including phenoxy) is 2. The first kappa shape index (κ1) is 17.0. The number of thiocarbonyl (C=S) groups is 1. The predicted octanol–water partition coefficient (Wildman–Crippen LogP) is 1.65. The molecule has 0 saturated heterocycles. The van der Waals surface area contributed by atoms with Gasteiger partial charge in [-0.15, -0.1) is 0 Å². The summed E-state index contributed by atoms with van der Waals surface area (Å²) in [6, 6.07) is 5.33. The van der Waals surface area contributed by atoms with Gasteiger partial charge >= 0.3 is 5.97 Å². The molecule has 8 heteroatoms. The lowest BCUT2D eigenvalue weighted by molar-refractivity contribution is -0.140. The minimum atomic E-state index is -0.501. The molecule has 0 aliphatic carbocycles. The monoisotopic (exact) mass is 337 g/mol. The van der Waals surface area contributed by atoms with E-state index in [0.717, 1.165) is 5.69 Å². The molecule has 2 rings (SSSR count). The highest BCUT2D eigenvalue weighted by Gasteiger charge is 2.23. The van der Waals surface area contributed by atoms with Crippen LogP contribution in [0.25, 0.3) is 0 Å². The number of hydrogen-bond donors (Lipinski definition) is 3. The highest BCUT2D eigenvalue weighted by atomic mass is 32.1. The summed E-state index contributed by atoms with van der Waals surface area (Å²) in [5.74, 6) is 0.197. The fourth-order valence-corrected chi connectivity index (χ4v) is 2.22. The SMILES string of the molecule is COC(=O)CCCNC(=S)Nc1ccc2c(c1)NC(=O)[C@H](C)O2. The van der Waals surface area contributed by atoms with E-state index in [0.29, 0.717) is 35.9 Å². The Bertz CT molecular complexity index is 621. The molecule has 0 unspecified atom stereocenters. The van der Waals surface area contributed by atoms with E-state index in [1.54, 1.807) is 19.1 Å². The van der Waals surface area contributed by atoms with Gasteiger partial charge in [0.25, 0.3) is 5.91 Å². The van der Waals surface area contributed by atoms with Gasteiger partial charge in [-0.2, -0.15) is 0 Å². The van der Waals surface area contributed by atoms with E-state index in [2.05, 4.69) is 20.7 Å². The van der Waals surface area contributed by atoms with Gasteiger partial charge in [0.2, 0.25) is 0 Å². The van der Waals surface area contributed by atoms with Gasteiger partial charge in [-0.05, 0) is 43.8 Å². The van der Waals surface area contributed by atoms with Crippen molar-refractivity contribution in [3.63, 3.8) is 0 Å². The Hall–Kier alpha value is -2.35. The summed E-state index contributed by atoms with van der Waals surface area (Å²) in [6.07, 6.45) is 0.464. The number of carbonyl (C=O) groups is 2. The van der Waals surface area contributed by atoms with Gasteiger partial charge in [0, 0.05) is 18.7 Å². The zero-order valence-corrected chi connectivity index (χ0v) is 13.8. The average Bonchev–Trinajstić information content (AvgIpc) is 2.52. The Morgan fingerprint density at radius 2 is 2.26 bits per heavy atom. The third kappa shape index (κ3) is 4.82. The van der Waals surface area contributed by atoms with Crippen molar-refractivity contribution in [2.45, 2.75) is 25.9 Å². The Balaban J connectivity index is 1.84. The van der Waals surface area contributed by atoms with Crippen molar-refractivity contribution in [2.75, 3.05) is 24.3 Å². The third-order valence-corrected chi connectivity index (χ3v) is 3.49. The zero-order valence-electron chi connectivity index (χ0n) is 13.0. The Morgan fingerprint density at radius 1 is 1.48 bits per heavy atom. The molecule has 23 heavy (non-hydrogen) atoms. The number of carbonyl (C=O) groups excluding carboxylic acids is 2. The number of rotatable bonds is 5. The van der Waals surface area contributed by atoms with E-state index < -0.39 is 6.10 Å². The first-order chi connectivity index (χ1) is 11.0. The summed E-state index contributed by atoms with van der Waals surface area (Å²) >= 11 is 5.18. The van der Waals surface area contributed by atoms with E-state index in [-0.39, 0.29) is 11.9 Å². The Kier molecular flexibility index (Phi) is 5.75. The van der Waals surface area contributed by atoms with Crippen LogP contribution in [0.3, 0.4) is 0 Å². The summed E-state index contributed by atoms with van der Waals surface area (Å²) < 4.78 is 10.0. The molecule has 0 saturated carbocycles. The van der Waals surface area contributed by atoms with Crippen molar-refractivity contribution in [2.24, 2.45) is 0 Å². The highest BCUT2D eigenvalue weighted by molar-refractivity contribution is 7.80. The number of fused-ring (bicyclic) bond motifs is 1. The second-order valence-electron chi connectivity index (χ2n) is 5.02. The molecular weight excluding hydrogens is 318 g/mol. The van der Waals surface area contributed by atoms with E-state index >= 15 is 0 Å². The van der Waals surface area contributed by atoms with Crippen LogP contribution in [0.4, 0.5) is 11.4 Å². The normalized spacial score (nSPS) is 15.7. The molecule has 0 fully saturated rings. The summed E-state index contributed by atoms with van der Waals surface area (Å²) in [5.41, 5.74) is 1.33. The average molecular weight is 337 g/mol. The summed E-state index contributed by atoms with van der Waals surface area (Å²) in [6.45, 7) is 2.25. The van der Waals surface area contributed by atoms with Crippen LogP contribution in [0.1, 0.15) is 19.8 Å². The van der Waals surface area contributed by atoms with Crippen molar-refractivity contribution >= 4 is 40.6 Å². The zero-order chi connectivity index (χ0) is 16.8. The van der Waals surface area contributed by atoms with Crippen LogP contribution in [-0.4, -0.2) is 36.7 Å². The molecule has 1 aliphatic rings. The van der Waals surface area contributed by atoms with Gasteiger partial charge in [-0.25, -0.2) is 0 Å². The second-order valence-corrected chi connectivity index (χ2v) is 5.43. The van der Waals surface area contributed by atoms with Crippen LogP contribution in [0.2, 0.25) is 0 Å². The Labute approximate surface area is 139 Å². The molecule has 124 valence electrons. The fourth-order valence-electron chi connectivity index (χ4n) is 2.00. The van der Waals surface area contributed by atoms with E-state index in [4.69, 9.17) is 17.0 Å². The number of hydrogen-bond acceptors (Lipinski definition) is 5. The van der Waals surface area contributed by atoms with Crippen molar-refractivity contribution in [3.05, 3.63) is 18.2 Å². The van der Waals surface area contributed by atoms with Gasteiger partial charge in [-0.3, -0.25) is 9.59 Å².